The normalized spacial score (nSPS) is 18.2. The van der Waals surface area contributed by atoms with E-state index in [1.807, 2.05) is 0 Å². The lowest BCUT2D eigenvalue weighted by Crippen LogP contribution is -2.34. The summed E-state index contributed by atoms with van der Waals surface area (Å²) in [5, 5.41) is 0. The average molecular weight is 229 g/mol. The number of likely N-dealkylation sites (tertiary alicyclic amines) is 1. The molecular weight excluding hydrogens is 206 g/mol. The molecule has 1 fully saturated rings. The lowest BCUT2D eigenvalue weighted by molar-refractivity contribution is 0.200. The standard InChI is InChI=1S/C16H23N/c1-3-15-9-11-17(12-10-15)13-14(2)16-7-5-4-6-8-16/h4-8,15H,2-3,9-13H2,1H3. The Labute approximate surface area is 105 Å². The molecule has 92 valence electrons. The molecule has 1 aromatic rings. The van der Waals surface area contributed by atoms with E-state index < -0.39 is 0 Å². The molecule has 17 heavy (non-hydrogen) atoms. The number of hydrogen-bond acceptors (Lipinski definition) is 1. The lowest BCUT2D eigenvalue weighted by atomic mass is 9.94. The van der Waals surface area contributed by atoms with Gasteiger partial charge in [0.15, 0.2) is 0 Å². The van der Waals surface area contributed by atoms with Crippen molar-refractivity contribution in [3.05, 3.63) is 42.5 Å². The summed E-state index contributed by atoms with van der Waals surface area (Å²) in [5.74, 6) is 0.955. The minimum absolute atomic E-state index is 0.955. The van der Waals surface area contributed by atoms with Crippen molar-refractivity contribution < 1.29 is 0 Å². The number of nitrogens with zero attached hydrogens (tertiary/aromatic N) is 1. The van der Waals surface area contributed by atoms with Crippen LogP contribution < -0.4 is 0 Å². The number of piperidine rings is 1. The maximum atomic E-state index is 4.22. The number of benzene rings is 1. The summed E-state index contributed by atoms with van der Waals surface area (Å²) in [7, 11) is 0. The van der Waals surface area contributed by atoms with Gasteiger partial charge in [0.25, 0.3) is 0 Å². The predicted octanol–water partition coefficient (Wildman–Crippen LogP) is 3.82. The van der Waals surface area contributed by atoms with Gasteiger partial charge < -0.3 is 0 Å². The monoisotopic (exact) mass is 229 g/mol. The van der Waals surface area contributed by atoms with Crippen molar-refractivity contribution >= 4 is 5.57 Å². The zero-order valence-corrected chi connectivity index (χ0v) is 10.9. The topological polar surface area (TPSA) is 3.24 Å². The molecule has 1 saturated heterocycles. The van der Waals surface area contributed by atoms with E-state index in [-0.39, 0.29) is 0 Å². The molecule has 1 aromatic carbocycles. The second kappa shape index (κ2) is 6.02. The fraction of sp³-hybridized carbons (Fsp3) is 0.500. The summed E-state index contributed by atoms with van der Waals surface area (Å²) < 4.78 is 0. The second-order valence-electron chi connectivity index (χ2n) is 5.10. The van der Waals surface area contributed by atoms with Crippen molar-refractivity contribution in [2.45, 2.75) is 26.2 Å². The van der Waals surface area contributed by atoms with Gasteiger partial charge in [0, 0.05) is 6.54 Å². The molecule has 0 atom stereocenters. The smallest absolute Gasteiger partial charge is 0.0233 e. The van der Waals surface area contributed by atoms with E-state index in [4.69, 9.17) is 0 Å². The van der Waals surface area contributed by atoms with E-state index in [2.05, 4.69) is 48.7 Å². The first-order valence-electron chi connectivity index (χ1n) is 6.75. The molecule has 0 aliphatic carbocycles. The molecule has 1 aliphatic rings. The maximum absolute atomic E-state index is 4.22. The summed E-state index contributed by atoms with van der Waals surface area (Å²) in [6.07, 6.45) is 4.06. The third-order valence-electron chi connectivity index (χ3n) is 3.88. The fourth-order valence-electron chi connectivity index (χ4n) is 2.59. The van der Waals surface area contributed by atoms with Gasteiger partial charge in [-0.2, -0.15) is 0 Å². The van der Waals surface area contributed by atoms with E-state index in [1.54, 1.807) is 0 Å². The van der Waals surface area contributed by atoms with Crippen LogP contribution in [0.3, 0.4) is 0 Å². The van der Waals surface area contributed by atoms with Crippen molar-refractivity contribution in [3.63, 3.8) is 0 Å². The highest BCUT2D eigenvalue weighted by Gasteiger charge is 2.18. The number of hydrogen-bond donors (Lipinski definition) is 0. The quantitative estimate of drug-likeness (QED) is 0.758. The van der Waals surface area contributed by atoms with Gasteiger partial charge in [-0.3, -0.25) is 4.90 Å². The van der Waals surface area contributed by atoms with E-state index in [0.717, 1.165) is 12.5 Å². The van der Waals surface area contributed by atoms with Crippen LogP contribution in [0, 0.1) is 5.92 Å². The highest BCUT2D eigenvalue weighted by molar-refractivity contribution is 5.64. The first-order chi connectivity index (χ1) is 8.29. The van der Waals surface area contributed by atoms with Crippen LogP contribution in [0.5, 0.6) is 0 Å². The molecule has 1 aliphatic heterocycles. The summed E-state index contributed by atoms with van der Waals surface area (Å²) in [5.41, 5.74) is 2.53. The minimum Gasteiger partial charge on any atom is -0.299 e. The van der Waals surface area contributed by atoms with Crippen molar-refractivity contribution in [3.8, 4) is 0 Å². The van der Waals surface area contributed by atoms with Crippen LogP contribution in [0.2, 0.25) is 0 Å². The fourth-order valence-corrected chi connectivity index (χ4v) is 2.59. The van der Waals surface area contributed by atoms with Crippen LogP contribution in [0.15, 0.2) is 36.9 Å². The zero-order chi connectivity index (χ0) is 12.1. The molecule has 0 spiro atoms. The SMILES string of the molecule is C=C(CN1CCC(CC)CC1)c1ccccc1. The van der Waals surface area contributed by atoms with Crippen molar-refractivity contribution in [2.24, 2.45) is 5.92 Å². The molecule has 1 heteroatoms. The average Bonchev–Trinajstić information content (AvgIpc) is 2.40. The Bertz CT molecular complexity index is 347. The Hall–Kier alpha value is -1.08. The molecule has 0 radical (unpaired) electrons. The van der Waals surface area contributed by atoms with Gasteiger partial charge in [0.05, 0.1) is 0 Å². The molecule has 0 saturated carbocycles. The van der Waals surface area contributed by atoms with Gasteiger partial charge in [0.2, 0.25) is 0 Å². The van der Waals surface area contributed by atoms with Crippen LogP contribution in [0.4, 0.5) is 0 Å². The van der Waals surface area contributed by atoms with Gasteiger partial charge in [-0.05, 0) is 43.0 Å². The Morgan fingerprint density at radius 2 is 1.88 bits per heavy atom. The molecule has 0 bridgehead atoms. The van der Waals surface area contributed by atoms with Crippen LogP contribution in [-0.2, 0) is 0 Å². The van der Waals surface area contributed by atoms with Crippen LogP contribution >= 0.6 is 0 Å². The molecular formula is C16H23N. The van der Waals surface area contributed by atoms with E-state index in [1.165, 1.54) is 43.5 Å². The summed E-state index contributed by atoms with van der Waals surface area (Å²) in [6.45, 7) is 10.0. The molecule has 0 unspecified atom stereocenters. The zero-order valence-electron chi connectivity index (χ0n) is 10.9. The van der Waals surface area contributed by atoms with Crippen molar-refractivity contribution in [2.75, 3.05) is 19.6 Å². The molecule has 0 N–H and O–H groups in total. The van der Waals surface area contributed by atoms with Gasteiger partial charge >= 0.3 is 0 Å². The third kappa shape index (κ3) is 3.44. The van der Waals surface area contributed by atoms with E-state index in [0.29, 0.717) is 0 Å². The summed E-state index contributed by atoms with van der Waals surface area (Å²) >= 11 is 0. The van der Waals surface area contributed by atoms with Crippen molar-refractivity contribution in [1.82, 2.24) is 4.90 Å². The lowest BCUT2D eigenvalue weighted by Gasteiger charge is -2.31. The molecule has 1 nitrogen and oxygen atoms in total. The van der Waals surface area contributed by atoms with Gasteiger partial charge in [-0.25, -0.2) is 0 Å². The number of rotatable bonds is 4. The first-order valence-corrected chi connectivity index (χ1v) is 6.75. The predicted molar refractivity (Wildman–Crippen MR) is 74.9 cm³/mol. The van der Waals surface area contributed by atoms with Gasteiger partial charge in [-0.15, -0.1) is 0 Å². The van der Waals surface area contributed by atoms with Crippen LogP contribution in [-0.4, -0.2) is 24.5 Å². The highest BCUT2D eigenvalue weighted by atomic mass is 15.1. The summed E-state index contributed by atoms with van der Waals surface area (Å²) in [6, 6.07) is 10.5. The second-order valence-corrected chi connectivity index (χ2v) is 5.10. The largest absolute Gasteiger partial charge is 0.299 e. The van der Waals surface area contributed by atoms with Gasteiger partial charge in [-0.1, -0.05) is 50.3 Å². The molecule has 2 rings (SSSR count). The summed E-state index contributed by atoms with van der Waals surface area (Å²) in [4.78, 5) is 2.54. The van der Waals surface area contributed by atoms with E-state index in [9.17, 15) is 0 Å². The highest BCUT2D eigenvalue weighted by Crippen LogP contribution is 2.22. The molecule has 0 amide bonds. The van der Waals surface area contributed by atoms with Crippen LogP contribution in [0.25, 0.3) is 5.57 Å². The van der Waals surface area contributed by atoms with Crippen LogP contribution in [0.1, 0.15) is 31.7 Å². The Morgan fingerprint density at radius 3 is 2.47 bits per heavy atom. The minimum atomic E-state index is 0.955. The first kappa shape index (κ1) is 12.4. The molecule has 0 aromatic heterocycles. The Morgan fingerprint density at radius 1 is 1.24 bits per heavy atom. The van der Waals surface area contributed by atoms with Gasteiger partial charge in [0.1, 0.15) is 0 Å². The Balaban J connectivity index is 1.84. The Kier molecular flexibility index (Phi) is 4.38. The maximum Gasteiger partial charge on any atom is 0.0233 e. The van der Waals surface area contributed by atoms with E-state index >= 15 is 0 Å². The molecule has 1 heterocycles. The van der Waals surface area contributed by atoms with Crippen molar-refractivity contribution in [1.29, 1.82) is 0 Å². The third-order valence-corrected chi connectivity index (χ3v) is 3.88.